The van der Waals surface area contributed by atoms with Gasteiger partial charge in [0.2, 0.25) is 0 Å². The molecule has 0 radical (unpaired) electrons. The van der Waals surface area contributed by atoms with Crippen LogP contribution in [0.4, 0.5) is 0 Å². The summed E-state index contributed by atoms with van der Waals surface area (Å²) in [6.45, 7) is 0. The quantitative estimate of drug-likeness (QED) is 0.537. The van der Waals surface area contributed by atoms with Crippen LogP contribution in [0.2, 0.25) is 0 Å². The molecule has 0 aliphatic rings. The van der Waals surface area contributed by atoms with Crippen molar-refractivity contribution in [2.24, 2.45) is 0 Å². The van der Waals surface area contributed by atoms with Crippen LogP contribution in [0.1, 0.15) is 10.4 Å². The molecule has 6 nitrogen and oxygen atoms in total. The monoisotopic (exact) mass is 318 g/mol. The molecule has 2 heterocycles. The highest BCUT2D eigenvalue weighted by molar-refractivity contribution is 6.00. The van der Waals surface area contributed by atoms with E-state index in [0.717, 1.165) is 10.8 Å². The lowest BCUT2D eigenvalue weighted by atomic mass is 10.1. The van der Waals surface area contributed by atoms with Crippen molar-refractivity contribution in [3.63, 3.8) is 0 Å². The number of hydrogen-bond acceptors (Lipinski definition) is 5. The van der Waals surface area contributed by atoms with E-state index in [1.54, 1.807) is 18.2 Å². The molecule has 0 aliphatic carbocycles. The van der Waals surface area contributed by atoms with Crippen molar-refractivity contribution in [1.82, 2.24) is 9.55 Å². The highest BCUT2D eigenvalue weighted by atomic mass is 16.4. The molecule has 2 aromatic heterocycles. The number of carbonyl (C=O) groups excluding carboxylic acids is 1. The lowest BCUT2D eigenvalue weighted by Crippen LogP contribution is -2.38. The van der Waals surface area contributed by atoms with Gasteiger partial charge in [-0.1, -0.05) is 30.3 Å². The van der Waals surface area contributed by atoms with Crippen molar-refractivity contribution in [1.29, 1.82) is 0 Å². The van der Waals surface area contributed by atoms with E-state index in [0.29, 0.717) is 4.57 Å². The van der Waals surface area contributed by atoms with Crippen LogP contribution in [0.15, 0.2) is 74.9 Å². The maximum atomic E-state index is 12.7. The molecule has 0 saturated heterocycles. The van der Waals surface area contributed by atoms with Crippen LogP contribution in [0.5, 0.6) is 0 Å². The van der Waals surface area contributed by atoms with Gasteiger partial charge in [0.25, 0.3) is 11.5 Å². The summed E-state index contributed by atoms with van der Waals surface area (Å²) in [5.74, 6) is -1.75. The largest absolute Gasteiger partial charge is 0.429 e. The van der Waals surface area contributed by atoms with Gasteiger partial charge in [0, 0.05) is 11.8 Å². The summed E-state index contributed by atoms with van der Waals surface area (Å²) in [7, 11) is 0. The summed E-state index contributed by atoms with van der Waals surface area (Å²) < 4.78 is 5.53. The molecule has 0 unspecified atom stereocenters. The molecular formula is C18H10N2O4. The van der Waals surface area contributed by atoms with Gasteiger partial charge < -0.3 is 4.42 Å². The Kier molecular flexibility index (Phi) is 3.09. The van der Waals surface area contributed by atoms with Crippen LogP contribution >= 0.6 is 0 Å². The number of pyridine rings is 1. The van der Waals surface area contributed by atoms with Crippen LogP contribution in [-0.4, -0.2) is 15.5 Å². The van der Waals surface area contributed by atoms with E-state index < -0.39 is 17.2 Å². The van der Waals surface area contributed by atoms with E-state index in [-0.39, 0.29) is 16.5 Å². The molecule has 0 fully saturated rings. The Bertz CT molecular complexity index is 1220. The molecule has 0 bridgehead atoms. The maximum absolute atomic E-state index is 12.7. The summed E-state index contributed by atoms with van der Waals surface area (Å²) in [6.07, 6.45) is 2.66. The first-order chi connectivity index (χ1) is 11.6. The van der Waals surface area contributed by atoms with Crippen molar-refractivity contribution in [3.05, 3.63) is 87.4 Å². The molecule has 0 amide bonds. The Hall–Kier alpha value is -3.54. The fraction of sp³-hybridized carbons (Fsp3) is 0. The third-order valence-corrected chi connectivity index (χ3v) is 3.80. The Labute approximate surface area is 134 Å². The number of benzene rings is 2. The van der Waals surface area contributed by atoms with E-state index in [9.17, 15) is 14.4 Å². The van der Waals surface area contributed by atoms with Crippen molar-refractivity contribution in [2.75, 3.05) is 0 Å². The lowest BCUT2D eigenvalue weighted by molar-refractivity contribution is 0.0943. The smallest absolute Gasteiger partial charge is 0.407 e. The van der Waals surface area contributed by atoms with Crippen molar-refractivity contribution in [3.8, 4) is 0 Å². The summed E-state index contributed by atoms with van der Waals surface area (Å²) in [5, 5.41) is 1.92. The van der Waals surface area contributed by atoms with Crippen LogP contribution < -0.4 is 11.3 Å². The fourth-order valence-electron chi connectivity index (χ4n) is 2.61. The number of carbonyl (C=O) groups is 1. The van der Waals surface area contributed by atoms with Gasteiger partial charge in [-0.05, 0) is 29.0 Å². The highest BCUT2D eigenvalue weighted by Gasteiger charge is 2.18. The van der Waals surface area contributed by atoms with E-state index in [1.165, 1.54) is 18.5 Å². The summed E-state index contributed by atoms with van der Waals surface area (Å²) in [4.78, 5) is 41.0. The first kappa shape index (κ1) is 14.1. The molecule has 0 N–H and O–H groups in total. The van der Waals surface area contributed by atoms with Gasteiger partial charge in [0.05, 0.1) is 11.6 Å². The fourth-order valence-corrected chi connectivity index (χ4v) is 2.61. The summed E-state index contributed by atoms with van der Waals surface area (Å²) in [5.41, 5.74) is -0.437. The van der Waals surface area contributed by atoms with E-state index in [2.05, 4.69) is 4.98 Å². The Morgan fingerprint density at radius 1 is 1.00 bits per heavy atom. The Morgan fingerprint density at radius 2 is 1.79 bits per heavy atom. The van der Waals surface area contributed by atoms with Gasteiger partial charge in [-0.2, -0.15) is 4.57 Å². The highest BCUT2D eigenvalue weighted by Crippen LogP contribution is 2.16. The number of fused-ring (bicyclic) bond motifs is 2. The molecular weight excluding hydrogens is 308 g/mol. The second-order valence-corrected chi connectivity index (χ2v) is 5.25. The van der Waals surface area contributed by atoms with E-state index >= 15 is 0 Å². The summed E-state index contributed by atoms with van der Waals surface area (Å²) in [6, 6.07) is 13.9. The average Bonchev–Trinajstić information content (AvgIpc) is 2.61. The van der Waals surface area contributed by atoms with Crippen LogP contribution in [0.25, 0.3) is 21.7 Å². The molecule has 6 heteroatoms. The molecule has 0 atom stereocenters. The van der Waals surface area contributed by atoms with E-state index in [1.807, 2.05) is 24.3 Å². The van der Waals surface area contributed by atoms with E-state index in [4.69, 9.17) is 4.42 Å². The zero-order valence-electron chi connectivity index (χ0n) is 12.3. The van der Waals surface area contributed by atoms with Gasteiger partial charge in [-0.15, -0.1) is 0 Å². The normalized spacial score (nSPS) is 11.0. The molecule has 24 heavy (non-hydrogen) atoms. The third-order valence-electron chi connectivity index (χ3n) is 3.80. The molecule has 116 valence electrons. The Balaban J connectivity index is 1.94. The van der Waals surface area contributed by atoms with Gasteiger partial charge in [-0.3, -0.25) is 14.6 Å². The Morgan fingerprint density at radius 3 is 2.62 bits per heavy atom. The topological polar surface area (TPSA) is 82.2 Å². The van der Waals surface area contributed by atoms with Crippen LogP contribution in [-0.2, 0) is 0 Å². The van der Waals surface area contributed by atoms with Gasteiger partial charge in [-0.25, -0.2) is 4.79 Å². The predicted octanol–water partition coefficient (Wildman–Crippen LogP) is 2.19. The predicted molar refractivity (Wildman–Crippen MR) is 88.2 cm³/mol. The average molecular weight is 318 g/mol. The molecule has 0 saturated carbocycles. The van der Waals surface area contributed by atoms with Crippen molar-refractivity contribution < 1.29 is 9.21 Å². The van der Waals surface area contributed by atoms with Crippen molar-refractivity contribution in [2.45, 2.75) is 0 Å². The lowest BCUT2D eigenvalue weighted by Gasteiger charge is -2.05. The number of rotatable bonds is 1. The number of aromatic nitrogens is 2. The zero-order valence-corrected chi connectivity index (χ0v) is 12.3. The molecule has 4 rings (SSSR count). The minimum absolute atomic E-state index is 0.0510. The van der Waals surface area contributed by atoms with Gasteiger partial charge in [0.1, 0.15) is 0 Å². The second kappa shape index (κ2) is 5.27. The van der Waals surface area contributed by atoms with Gasteiger partial charge >= 0.3 is 5.76 Å². The molecule has 2 aromatic carbocycles. The zero-order chi connectivity index (χ0) is 16.7. The standard InChI is InChI=1S/C18H10N2O4/c21-16(13-6-5-11-3-1-2-4-12(11)9-13)20-17(22)14-7-8-19-10-15(14)24-18(20)23/h1-10H. The maximum Gasteiger partial charge on any atom is 0.429 e. The molecule has 0 spiro atoms. The summed E-state index contributed by atoms with van der Waals surface area (Å²) >= 11 is 0. The SMILES string of the molecule is O=C(c1ccc2ccccc2c1)n1c(=O)oc2cnccc2c1=O. The number of hydrogen-bond donors (Lipinski definition) is 0. The first-order valence-corrected chi connectivity index (χ1v) is 7.18. The van der Waals surface area contributed by atoms with Crippen molar-refractivity contribution >= 4 is 27.6 Å². The third kappa shape index (κ3) is 2.13. The van der Waals surface area contributed by atoms with Gasteiger partial charge in [0.15, 0.2) is 5.58 Å². The first-order valence-electron chi connectivity index (χ1n) is 7.18. The molecule has 0 aliphatic heterocycles. The molecule has 4 aromatic rings. The van der Waals surface area contributed by atoms with Crippen LogP contribution in [0, 0.1) is 0 Å². The van der Waals surface area contributed by atoms with Crippen LogP contribution in [0.3, 0.4) is 0 Å². The minimum Gasteiger partial charge on any atom is -0.407 e. The number of nitrogens with zero attached hydrogens (tertiary/aromatic N) is 2. The second-order valence-electron chi connectivity index (χ2n) is 5.25. The minimum atomic E-state index is -1.03.